The second-order valence-corrected chi connectivity index (χ2v) is 13.0. The number of amides is 1. The fourth-order valence-corrected chi connectivity index (χ4v) is 6.94. The largest absolute Gasteiger partial charge is 0.322 e. The number of carbonyl (C=O) groups excluding carboxylic acids is 2. The highest BCUT2D eigenvalue weighted by molar-refractivity contribution is 6.16. The highest BCUT2D eigenvalue weighted by Crippen LogP contribution is 2.38. The summed E-state index contributed by atoms with van der Waals surface area (Å²) in [5, 5.41) is 4.94. The molecule has 8 aromatic rings. The number of rotatable bonds is 7. The van der Waals surface area contributed by atoms with E-state index in [1.807, 2.05) is 129 Å². The van der Waals surface area contributed by atoms with Crippen LogP contribution in [0, 0.1) is 27.7 Å². The van der Waals surface area contributed by atoms with Crippen LogP contribution in [0.15, 0.2) is 109 Å². The Morgan fingerprint density at radius 2 is 1.06 bits per heavy atom. The molecule has 3 heterocycles. The van der Waals surface area contributed by atoms with E-state index in [4.69, 9.17) is 0 Å². The molecule has 0 aliphatic rings. The smallest absolute Gasteiger partial charge is 0.256 e. The lowest BCUT2D eigenvalue weighted by atomic mass is 10.00. The van der Waals surface area contributed by atoms with Gasteiger partial charge in [0.2, 0.25) is 0 Å². The number of ketones is 1. The monoisotopic (exact) mass is 694 g/mol. The van der Waals surface area contributed by atoms with Gasteiger partial charge in [-0.05, 0) is 82.1 Å². The van der Waals surface area contributed by atoms with Crippen LogP contribution in [-0.4, -0.2) is 46.2 Å². The Bertz CT molecular complexity index is 2610. The Morgan fingerprint density at radius 3 is 1.60 bits per heavy atom. The highest BCUT2D eigenvalue weighted by Gasteiger charge is 2.24. The molecule has 10 nitrogen and oxygen atoms in total. The molecule has 0 spiro atoms. The van der Waals surface area contributed by atoms with Gasteiger partial charge in [-0.1, -0.05) is 72.8 Å². The van der Waals surface area contributed by atoms with Gasteiger partial charge >= 0.3 is 0 Å². The molecule has 0 saturated carbocycles. The normalized spacial score (nSPS) is 11.3. The molecule has 0 aliphatic heterocycles. The Balaban J connectivity index is 1.33. The van der Waals surface area contributed by atoms with Crippen molar-refractivity contribution in [3.8, 4) is 39.6 Å². The zero-order chi connectivity index (χ0) is 36.8. The van der Waals surface area contributed by atoms with Crippen molar-refractivity contribution >= 4 is 39.2 Å². The number of nitrogens with zero attached hydrogens (tertiary/aromatic N) is 7. The summed E-state index contributed by atoms with van der Waals surface area (Å²) in [5.74, 6) is 2.92. The standard InChI is InChI=1S/C43H34N8O2/c1-24(52)40-36(43(53)50-33-14-9-13-30(21-33)29-11-7-6-8-12-29)15-10-16-37(40)51-38-22-31(41-46-25(2)44-26(3)47-41)17-19-34(38)35-20-18-32(23-39(35)51)42-48-27(4)45-28(5)49-42/h6-23H,1-5H3,(H,50,53). The fraction of sp³-hybridized carbons (Fsp3) is 0.116. The van der Waals surface area contributed by atoms with Crippen molar-refractivity contribution in [1.82, 2.24) is 34.5 Å². The molecule has 53 heavy (non-hydrogen) atoms. The molecule has 0 atom stereocenters. The lowest BCUT2D eigenvalue weighted by Gasteiger charge is -2.16. The minimum Gasteiger partial charge on any atom is -0.322 e. The Hall–Kier alpha value is -6.94. The highest BCUT2D eigenvalue weighted by atomic mass is 16.2. The number of aryl methyl sites for hydroxylation is 4. The quantitative estimate of drug-likeness (QED) is 0.164. The molecule has 10 heteroatoms. The summed E-state index contributed by atoms with van der Waals surface area (Å²) in [7, 11) is 0. The number of Topliss-reactive ketones (excluding diaryl/α,β-unsaturated/α-hetero) is 1. The summed E-state index contributed by atoms with van der Waals surface area (Å²) in [6, 6.07) is 35.1. The molecule has 0 saturated heterocycles. The average Bonchev–Trinajstić information content (AvgIpc) is 3.47. The van der Waals surface area contributed by atoms with Crippen LogP contribution in [0.5, 0.6) is 0 Å². The van der Waals surface area contributed by atoms with E-state index in [1.54, 1.807) is 12.1 Å². The molecule has 0 bridgehead atoms. The molecule has 8 rings (SSSR count). The SMILES string of the molecule is CC(=O)c1c(C(=O)Nc2cccc(-c3ccccc3)c2)cccc1-n1c2cc(-c3nc(C)nc(C)n3)ccc2c2ccc(-c3nc(C)nc(C)n3)cc21. The van der Waals surface area contributed by atoms with E-state index < -0.39 is 5.91 Å². The number of aromatic nitrogens is 7. The summed E-state index contributed by atoms with van der Waals surface area (Å²) >= 11 is 0. The first-order valence-electron chi connectivity index (χ1n) is 17.2. The predicted molar refractivity (Wildman–Crippen MR) is 207 cm³/mol. The maximum atomic E-state index is 14.1. The summed E-state index contributed by atoms with van der Waals surface area (Å²) in [6.07, 6.45) is 0. The number of anilines is 1. The molecule has 0 unspecified atom stereocenters. The van der Waals surface area contributed by atoms with E-state index in [0.717, 1.165) is 44.1 Å². The van der Waals surface area contributed by atoms with Crippen molar-refractivity contribution in [2.24, 2.45) is 0 Å². The predicted octanol–water partition coefficient (Wildman–Crippen LogP) is 8.84. The Labute approximate surface area is 305 Å². The lowest BCUT2D eigenvalue weighted by molar-refractivity contribution is 0.0985. The van der Waals surface area contributed by atoms with Gasteiger partial charge in [0.1, 0.15) is 23.3 Å². The second-order valence-electron chi connectivity index (χ2n) is 13.0. The number of hydrogen-bond donors (Lipinski definition) is 1. The molecule has 1 amide bonds. The molecular formula is C43H34N8O2. The van der Waals surface area contributed by atoms with Gasteiger partial charge < -0.3 is 9.88 Å². The van der Waals surface area contributed by atoms with Crippen molar-refractivity contribution in [2.45, 2.75) is 34.6 Å². The first kappa shape index (κ1) is 33.2. The molecule has 0 radical (unpaired) electrons. The third kappa shape index (κ3) is 6.31. The molecular weight excluding hydrogens is 661 g/mol. The first-order chi connectivity index (χ1) is 25.6. The maximum absolute atomic E-state index is 14.1. The van der Waals surface area contributed by atoms with Crippen LogP contribution in [0.3, 0.4) is 0 Å². The van der Waals surface area contributed by atoms with Gasteiger partial charge in [0.15, 0.2) is 17.4 Å². The summed E-state index contributed by atoms with van der Waals surface area (Å²) in [4.78, 5) is 55.1. The van der Waals surface area contributed by atoms with Crippen LogP contribution >= 0.6 is 0 Å². The van der Waals surface area contributed by atoms with Gasteiger partial charge in [0.25, 0.3) is 5.91 Å². The zero-order valence-electron chi connectivity index (χ0n) is 29.8. The number of carbonyl (C=O) groups is 2. The number of fused-ring (bicyclic) bond motifs is 3. The van der Waals surface area contributed by atoms with E-state index in [0.29, 0.717) is 46.3 Å². The van der Waals surface area contributed by atoms with Crippen LogP contribution < -0.4 is 5.32 Å². The minimum absolute atomic E-state index is 0.251. The number of hydrogen-bond acceptors (Lipinski definition) is 8. The van der Waals surface area contributed by atoms with Crippen LogP contribution in [0.4, 0.5) is 5.69 Å². The molecule has 0 fully saturated rings. The minimum atomic E-state index is -0.392. The van der Waals surface area contributed by atoms with E-state index in [-0.39, 0.29) is 16.9 Å². The van der Waals surface area contributed by atoms with Crippen molar-refractivity contribution in [3.63, 3.8) is 0 Å². The van der Waals surface area contributed by atoms with Crippen molar-refractivity contribution in [1.29, 1.82) is 0 Å². The van der Waals surface area contributed by atoms with Crippen LogP contribution in [-0.2, 0) is 0 Å². The first-order valence-corrected chi connectivity index (χ1v) is 17.2. The third-order valence-electron chi connectivity index (χ3n) is 9.11. The summed E-state index contributed by atoms with van der Waals surface area (Å²) in [5.41, 5.74) is 6.92. The maximum Gasteiger partial charge on any atom is 0.256 e. The Morgan fingerprint density at radius 1 is 0.528 bits per heavy atom. The van der Waals surface area contributed by atoms with Gasteiger partial charge in [-0.3, -0.25) is 9.59 Å². The number of benzene rings is 5. The molecule has 1 N–H and O–H groups in total. The molecule has 0 aliphatic carbocycles. The third-order valence-corrected chi connectivity index (χ3v) is 9.11. The second kappa shape index (κ2) is 13.3. The number of nitrogens with one attached hydrogen (secondary N) is 1. The van der Waals surface area contributed by atoms with Crippen molar-refractivity contribution in [3.05, 3.63) is 144 Å². The van der Waals surface area contributed by atoms with Gasteiger partial charge in [-0.15, -0.1) is 0 Å². The van der Waals surface area contributed by atoms with Gasteiger partial charge in [-0.25, -0.2) is 29.9 Å². The van der Waals surface area contributed by atoms with E-state index in [2.05, 4.69) is 35.2 Å². The average molecular weight is 695 g/mol. The lowest BCUT2D eigenvalue weighted by Crippen LogP contribution is -2.18. The van der Waals surface area contributed by atoms with Crippen LogP contribution in [0.2, 0.25) is 0 Å². The molecule has 258 valence electrons. The van der Waals surface area contributed by atoms with Crippen LogP contribution in [0.25, 0.3) is 61.4 Å². The Kier molecular flexibility index (Phi) is 8.34. The summed E-state index contributed by atoms with van der Waals surface area (Å²) < 4.78 is 2.03. The van der Waals surface area contributed by atoms with E-state index >= 15 is 0 Å². The van der Waals surface area contributed by atoms with Crippen molar-refractivity contribution in [2.75, 3.05) is 5.32 Å². The van der Waals surface area contributed by atoms with Gasteiger partial charge in [-0.2, -0.15) is 0 Å². The van der Waals surface area contributed by atoms with Gasteiger partial charge in [0, 0.05) is 27.6 Å². The van der Waals surface area contributed by atoms with E-state index in [1.165, 1.54) is 6.92 Å². The van der Waals surface area contributed by atoms with E-state index in [9.17, 15) is 9.59 Å². The molecule has 3 aromatic heterocycles. The fourth-order valence-electron chi connectivity index (χ4n) is 6.94. The van der Waals surface area contributed by atoms with Crippen molar-refractivity contribution < 1.29 is 9.59 Å². The molecule has 5 aromatic carbocycles. The van der Waals surface area contributed by atoms with Crippen LogP contribution in [0.1, 0.15) is 50.9 Å². The zero-order valence-corrected chi connectivity index (χ0v) is 29.8. The summed E-state index contributed by atoms with van der Waals surface area (Å²) in [6.45, 7) is 8.85. The van der Waals surface area contributed by atoms with Gasteiger partial charge in [0.05, 0.1) is 27.8 Å². The topological polar surface area (TPSA) is 128 Å².